The summed E-state index contributed by atoms with van der Waals surface area (Å²) in [6, 6.07) is 3.91. The first kappa shape index (κ1) is 18.3. The Hall–Kier alpha value is -0.720. The Bertz CT molecular complexity index is 325. The van der Waals surface area contributed by atoms with Crippen molar-refractivity contribution in [2.45, 2.75) is 39.5 Å². The SMILES string of the molecule is CCCCNC(=NCCC)NCCc1ccco1.I. The molecule has 110 valence electrons. The van der Waals surface area contributed by atoms with Gasteiger partial charge in [-0.05, 0) is 25.0 Å². The Morgan fingerprint density at radius 3 is 2.63 bits per heavy atom. The molecule has 0 spiro atoms. The molecule has 1 heterocycles. The molecule has 0 atom stereocenters. The Morgan fingerprint density at radius 2 is 2.00 bits per heavy atom. The Morgan fingerprint density at radius 1 is 1.21 bits per heavy atom. The molecule has 0 radical (unpaired) electrons. The van der Waals surface area contributed by atoms with Crippen LogP contribution in [0.1, 0.15) is 38.9 Å². The average molecular weight is 379 g/mol. The predicted octanol–water partition coefficient (Wildman–Crippen LogP) is 3.19. The first-order valence-electron chi connectivity index (χ1n) is 6.91. The van der Waals surface area contributed by atoms with Gasteiger partial charge in [-0.2, -0.15) is 0 Å². The van der Waals surface area contributed by atoms with E-state index < -0.39 is 0 Å². The molecule has 0 aliphatic carbocycles. The van der Waals surface area contributed by atoms with E-state index in [-0.39, 0.29) is 24.0 Å². The van der Waals surface area contributed by atoms with Crippen LogP contribution in [0, 0.1) is 0 Å². The monoisotopic (exact) mass is 379 g/mol. The lowest BCUT2D eigenvalue weighted by atomic mass is 10.3. The number of rotatable bonds is 8. The molecule has 1 aromatic rings. The van der Waals surface area contributed by atoms with Gasteiger partial charge in [0.25, 0.3) is 0 Å². The van der Waals surface area contributed by atoms with Gasteiger partial charge in [-0.25, -0.2) is 0 Å². The lowest BCUT2D eigenvalue weighted by molar-refractivity contribution is 0.506. The summed E-state index contributed by atoms with van der Waals surface area (Å²) < 4.78 is 5.29. The molecule has 1 aromatic heterocycles. The van der Waals surface area contributed by atoms with Gasteiger partial charge in [0.2, 0.25) is 0 Å². The Kier molecular flexibility index (Phi) is 11.9. The summed E-state index contributed by atoms with van der Waals surface area (Å²) in [7, 11) is 0. The van der Waals surface area contributed by atoms with Crippen LogP contribution < -0.4 is 10.6 Å². The van der Waals surface area contributed by atoms with E-state index >= 15 is 0 Å². The van der Waals surface area contributed by atoms with E-state index in [4.69, 9.17) is 4.42 Å². The number of hydrogen-bond acceptors (Lipinski definition) is 2. The summed E-state index contributed by atoms with van der Waals surface area (Å²) >= 11 is 0. The molecule has 0 unspecified atom stereocenters. The van der Waals surface area contributed by atoms with Gasteiger partial charge >= 0.3 is 0 Å². The van der Waals surface area contributed by atoms with E-state index in [0.29, 0.717) is 0 Å². The fourth-order valence-corrected chi connectivity index (χ4v) is 1.54. The first-order valence-corrected chi connectivity index (χ1v) is 6.91. The van der Waals surface area contributed by atoms with Gasteiger partial charge in [-0.15, -0.1) is 24.0 Å². The molecule has 0 aromatic carbocycles. The molecule has 2 N–H and O–H groups in total. The van der Waals surface area contributed by atoms with E-state index in [0.717, 1.165) is 44.2 Å². The normalized spacial score (nSPS) is 10.9. The number of halogens is 1. The summed E-state index contributed by atoms with van der Waals surface area (Å²) in [6.07, 6.45) is 6.03. The summed E-state index contributed by atoms with van der Waals surface area (Å²) in [5, 5.41) is 6.67. The molecular formula is C14H26IN3O. The number of aliphatic imine (C=N–C) groups is 1. The molecule has 0 aliphatic heterocycles. The minimum Gasteiger partial charge on any atom is -0.469 e. The van der Waals surface area contributed by atoms with Gasteiger partial charge in [0.1, 0.15) is 5.76 Å². The van der Waals surface area contributed by atoms with Crippen LogP contribution in [0.3, 0.4) is 0 Å². The van der Waals surface area contributed by atoms with E-state index in [9.17, 15) is 0 Å². The molecule has 0 fully saturated rings. The van der Waals surface area contributed by atoms with Gasteiger partial charge in [0.05, 0.1) is 6.26 Å². The van der Waals surface area contributed by atoms with Crippen LogP contribution in [-0.4, -0.2) is 25.6 Å². The zero-order chi connectivity index (χ0) is 13.1. The molecule has 0 saturated carbocycles. The third-order valence-corrected chi connectivity index (χ3v) is 2.56. The minimum absolute atomic E-state index is 0. The second-order valence-electron chi connectivity index (χ2n) is 4.27. The highest BCUT2D eigenvalue weighted by atomic mass is 127. The highest BCUT2D eigenvalue weighted by Gasteiger charge is 1.99. The van der Waals surface area contributed by atoms with Gasteiger partial charge in [-0.1, -0.05) is 20.3 Å². The summed E-state index contributed by atoms with van der Waals surface area (Å²) in [6.45, 7) is 7.01. The summed E-state index contributed by atoms with van der Waals surface area (Å²) in [5.74, 6) is 1.92. The molecule has 19 heavy (non-hydrogen) atoms. The Labute approximate surface area is 133 Å². The number of guanidine groups is 1. The van der Waals surface area contributed by atoms with Crippen molar-refractivity contribution >= 4 is 29.9 Å². The zero-order valence-electron chi connectivity index (χ0n) is 11.9. The smallest absolute Gasteiger partial charge is 0.191 e. The fraction of sp³-hybridized carbons (Fsp3) is 0.643. The third-order valence-electron chi connectivity index (χ3n) is 2.56. The molecule has 4 nitrogen and oxygen atoms in total. The van der Waals surface area contributed by atoms with E-state index in [2.05, 4.69) is 29.5 Å². The maximum atomic E-state index is 5.29. The van der Waals surface area contributed by atoms with Gasteiger partial charge < -0.3 is 15.1 Å². The molecular weight excluding hydrogens is 353 g/mol. The zero-order valence-corrected chi connectivity index (χ0v) is 14.3. The summed E-state index contributed by atoms with van der Waals surface area (Å²) in [4.78, 5) is 4.50. The van der Waals surface area contributed by atoms with Crippen LogP contribution >= 0.6 is 24.0 Å². The van der Waals surface area contributed by atoms with Crippen molar-refractivity contribution in [3.05, 3.63) is 24.2 Å². The molecule has 0 saturated heterocycles. The van der Waals surface area contributed by atoms with Crippen molar-refractivity contribution < 1.29 is 4.42 Å². The highest BCUT2D eigenvalue weighted by Crippen LogP contribution is 1.99. The Balaban J connectivity index is 0.00000324. The van der Waals surface area contributed by atoms with Crippen LogP contribution in [0.15, 0.2) is 27.8 Å². The van der Waals surface area contributed by atoms with E-state index in [1.54, 1.807) is 6.26 Å². The molecule has 5 heteroatoms. The quantitative estimate of drug-likeness (QED) is 0.316. The average Bonchev–Trinajstić information content (AvgIpc) is 2.88. The number of nitrogens with zero attached hydrogens (tertiary/aromatic N) is 1. The minimum atomic E-state index is 0. The summed E-state index contributed by atoms with van der Waals surface area (Å²) in [5.41, 5.74) is 0. The number of nitrogens with one attached hydrogen (secondary N) is 2. The van der Waals surface area contributed by atoms with Crippen LogP contribution in [0.2, 0.25) is 0 Å². The van der Waals surface area contributed by atoms with Gasteiger partial charge in [-0.3, -0.25) is 4.99 Å². The standard InChI is InChI=1S/C14H25N3O.HI/c1-3-5-10-16-14(15-9-4-2)17-11-8-13-7-6-12-18-13;/h6-7,12H,3-5,8-11H2,1-2H3,(H2,15,16,17);1H. The van der Waals surface area contributed by atoms with Gasteiger partial charge in [0, 0.05) is 26.1 Å². The molecule has 0 aliphatic rings. The predicted molar refractivity (Wildman–Crippen MR) is 91.3 cm³/mol. The van der Waals surface area contributed by atoms with Crippen molar-refractivity contribution in [1.82, 2.24) is 10.6 Å². The van der Waals surface area contributed by atoms with Crippen LogP contribution in [-0.2, 0) is 6.42 Å². The van der Waals surface area contributed by atoms with Gasteiger partial charge in [0.15, 0.2) is 5.96 Å². The topological polar surface area (TPSA) is 49.6 Å². The lowest BCUT2D eigenvalue weighted by Gasteiger charge is -2.11. The van der Waals surface area contributed by atoms with Crippen molar-refractivity contribution in [2.24, 2.45) is 4.99 Å². The largest absolute Gasteiger partial charge is 0.469 e. The lowest BCUT2D eigenvalue weighted by Crippen LogP contribution is -2.39. The molecule has 1 rings (SSSR count). The highest BCUT2D eigenvalue weighted by molar-refractivity contribution is 14.0. The number of hydrogen-bond donors (Lipinski definition) is 2. The van der Waals surface area contributed by atoms with Crippen molar-refractivity contribution in [2.75, 3.05) is 19.6 Å². The maximum Gasteiger partial charge on any atom is 0.191 e. The number of unbranched alkanes of at least 4 members (excludes halogenated alkanes) is 1. The maximum absolute atomic E-state index is 5.29. The third kappa shape index (κ3) is 8.91. The van der Waals surface area contributed by atoms with Crippen molar-refractivity contribution in [3.63, 3.8) is 0 Å². The van der Waals surface area contributed by atoms with Crippen LogP contribution in [0.5, 0.6) is 0 Å². The van der Waals surface area contributed by atoms with E-state index in [1.807, 2.05) is 12.1 Å². The van der Waals surface area contributed by atoms with E-state index in [1.165, 1.54) is 12.8 Å². The second-order valence-corrected chi connectivity index (χ2v) is 4.27. The first-order chi connectivity index (χ1) is 8.86. The van der Waals surface area contributed by atoms with Crippen molar-refractivity contribution in [1.29, 1.82) is 0 Å². The molecule has 0 amide bonds. The van der Waals surface area contributed by atoms with Crippen molar-refractivity contribution in [3.8, 4) is 0 Å². The van der Waals surface area contributed by atoms with Crippen LogP contribution in [0.4, 0.5) is 0 Å². The van der Waals surface area contributed by atoms with Crippen LogP contribution in [0.25, 0.3) is 0 Å². The fourth-order valence-electron chi connectivity index (χ4n) is 1.54. The molecule has 0 bridgehead atoms. The second kappa shape index (κ2) is 12.3. The number of furan rings is 1.